The molecule has 6 heteroatoms. The zero-order chi connectivity index (χ0) is 13.7. The van der Waals surface area contributed by atoms with Crippen LogP contribution in [-0.2, 0) is 9.53 Å². The van der Waals surface area contributed by atoms with Crippen LogP contribution in [0.3, 0.4) is 0 Å². The maximum atomic E-state index is 11.9. The van der Waals surface area contributed by atoms with Crippen molar-refractivity contribution in [1.82, 2.24) is 10.2 Å². The van der Waals surface area contributed by atoms with Gasteiger partial charge in [0.15, 0.2) is 0 Å². The van der Waals surface area contributed by atoms with Crippen molar-refractivity contribution in [3.63, 3.8) is 0 Å². The molecule has 1 aliphatic rings. The van der Waals surface area contributed by atoms with Gasteiger partial charge < -0.3 is 15.0 Å². The molecule has 2 amide bonds. The maximum Gasteiger partial charge on any atom is 0.252 e. The van der Waals surface area contributed by atoms with Gasteiger partial charge in [0.25, 0.3) is 5.91 Å². The van der Waals surface area contributed by atoms with E-state index in [1.54, 1.807) is 11.0 Å². The first-order valence-electron chi connectivity index (χ1n) is 6.07. The van der Waals surface area contributed by atoms with Crippen molar-refractivity contribution in [3.05, 3.63) is 34.3 Å². The monoisotopic (exact) mass is 326 g/mol. The summed E-state index contributed by atoms with van der Waals surface area (Å²) in [6.45, 7) is 2.23. The first-order chi connectivity index (χ1) is 9.18. The number of nitrogens with one attached hydrogen (secondary N) is 1. The second kappa shape index (κ2) is 6.68. The van der Waals surface area contributed by atoms with Crippen LogP contribution in [0.25, 0.3) is 0 Å². The number of ether oxygens (including phenoxy) is 1. The van der Waals surface area contributed by atoms with Gasteiger partial charge >= 0.3 is 0 Å². The highest BCUT2D eigenvalue weighted by atomic mass is 79.9. The molecule has 5 nitrogen and oxygen atoms in total. The van der Waals surface area contributed by atoms with Crippen molar-refractivity contribution in [2.24, 2.45) is 0 Å². The van der Waals surface area contributed by atoms with Gasteiger partial charge in [0.2, 0.25) is 5.91 Å². The van der Waals surface area contributed by atoms with Crippen LogP contribution in [0, 0.1) is 0 Å². The molecule has 1 aromatic carbocycles. The molecule has 0 unspecified atom stereocenters. The number of carbonyl (C=O) groups is 2. The Kier molecular flexibility index (Phi) is 4.93. The number of nitrogens with zero attached hydrogens (tertiary/aromatic N) is 1. The number of halogens is 1. The number of hydrogen-bond donors (Lipinski definition) is 1. The highest BCUT2D eigenvalue weighted by Gasteiger charge is 2.18. The molecular formula is C13H15BrN2O3. The molecule has 19 heavy (non-hydrogen) atoms. The topological polar surface area (TPSA) is 58.6 Å². The van der Waals surface area contributed by atoms with E-state index in [9.17, 15) is 9.59 Å². The first kappa shape index (κ1) is 14.0. The van der Waals surface area contributed by atoms with Crippen LogP contribution < -0.4 is 5.32 Å². The molecule has 1 N–H and O–H groups in total. The van der Waals surface area contributed by atoms with Crippen LogP contribution in [0.5, 0.6) is 0 Å². The predicted octanol–water partition coefficient (Wildman–Crippen LogP) is 1.04. The molecule has 102 valence electrons. The summed E-state index contributed by atoms with van der Waals surface area (Å²) in [5.41, 5.74) is 0.593. The van der Waals surface area contributed by atoms with Gasteiger partial charge in [-0.25, -0.2) is 0 Å². The number of carbonyl (C=O) groups excluding carboxylic acids is 2. The Balaban J connectivity index is 1.81. The lowest BCUT2D eigenvalue weighted by atomic mass is 10.2. The molecule has 1 fully saturated rings. The lowest BCUT2D eigenvalue weighted by molar-refractivity contribution is -0.142. The third kappa shape index (κ3) is 3.78. The van der Waals surface area contributed by atoms with Crippen LogP contribution >= 0.6 is 15.9 Å². The van der Waals surface area contributed by atoms with Crippen molar-refractivity contribution in [2.75, 3.05) is 32.8 Å². The Morgan fingerprint density at radius 2 is 2.21 bits per heavy atom. The second-order valence-corrected chi connectivity index (χ2v) is 5.02. The van der Waals surface area contributed by atoms with Crippen LogP contribution in [-0.4, -0.2) is 49.6 Å². The Morgan fingerprint density at radius 1 is 1.42 bits per heavy atom. The minimum absolute atomic E-state index is 0.0265. The van der Waals surface area contributed by atoms with Crippen molar-refractivity contribution in [1.29, 1.82) is 0 Å². The molecule has 1 heterocycles. The molecule has 0 saturated carbocycles. The summed E-state index contributed by atoms with van der Waals surface area (Å²) in [4.78, 5) is 25.1. The summed E-state index contributed by atoms with van der Waals surface area (Å²) in [7, 11) is 0. The molecule has 1 aliphatic heterocycles. The van der Waals surface area contributed by atoms with E-state index in [0.717, 1.165) is 4.47 Å². The summed E-state index contributed by atoms with van der Waals surface area (Å²) in [5.74, 6) is -0.172. The normalized spacial score (nSPS) is 15.4. The van der Waals surface area contributed by atoms with Crippen molar-refractivity contribution in [3.8, 4) is 0 Å². The summed E-state index contributed by atoms with van der Waals surface area (Å²) in [6.07, 6.45) is 0. The zero-order valence-corrected chi connectivity index (χ0v) is 12.0. The Labute approximate surface area is 120 Å². The van der Waals surface area contributed by atoms with E-state index in [-0.39, 0.29) is 18.4 Å². The third-order valence-corrected chi connectivity index (χ3v) is 3.56. The van der Waals surface area contributed by atoms with Gasteiger partial charge in [-0.15, -0.1) is 0 Å². The van der Waals surface area contributed by atoms with Crippen LogP contribution in [0.4, 0.5) is 0 Å². The average Bonchev–Trinajstić information content (AvgIpc) is 2.41. The predicted molar refractivity (Wildman–Crippen MR) is 73.9 cm³/mol. The fourth-order valence-electron chi connectivity index (χ4n) is 1.83. The molecular weight excluding hydrogens is 312 g/mol. The zero-order valence-electron chi connectivity index (χ0n) is 10.4. The quantitative estimate of drug-likeness (QED) is 0.899. The average molecular weight is 327 g/mol. The first-order valence-corrected chi connectivity index (χ1v) is 6.86. The third-order valence-electron chi connectivity index (χ3n) is 2.87. The summed E-state index contributed by atoms with van der Waals surface area (Å²) < 4.78 is 5.80. The van der Waals surface area contributed by atoms with Gasteiger partial charge in [-0.05, 0) is 28.1 Å². The lowest BCUT2D eigenvalue weighted by Crippen LogP contribution is -2.45. The van der Waals surface area contributed by atoms with Crippen LogP contribution in [0.2, 0.25) is 0 Å². The minimum atomic E-state index is -0.145. The van der Waals surface area contributed by atoms with E-state index in [4.69, 9.17) is 4.74 Å². The van der Waals surface area contributed by atoms with Crippen LogP contribution in [0.15, 0.2) is 28.7 Å². The van der Waals surface area contributed by atoms with Gasteiger partial charge in [0.1, 0.15) is 6.61 Å². The molecule has 1 aromatic rings. The standard InChI is InChI=1S/C13H15BrN2O3/c14-11-4-2-1-3-10(11)13(18)15-5-6-16-7-8-19-9-12(16)17/h1-4H,5-9H2,(H,15,18). The summed E-state index contributed by atoms with van der Waals surface area (Å²) in [6, 6.07) is 7.23. The smallest absolute Gasteiger partial charge is 0.252 e. The van der Waals surface area contributed by atoms with Crippen LogP contribution in [0.1, 0.15) is 10.4 Å². The molecule has 0 aromatic heterocycles. The minimum Gasteiger partial charge on any atom is -0.370 e. The van der Waals surface area contributed by atoms with Crippen molar-refractivity contribution < 1.29 is 14.3 Å². The number of morpholine rings is 1. The second-order valence-electron chi connectivity index (χ2n) is 4.17. The van der Waals surface area contributed by atoms with Crippen molar-refractivity contribution >= 4 is 27.7 Å². The molecule has 0 radical (unpaired) electrons. The molecule has 0 atom stereocenters. The summed E-state index contributed by atoms with van der Waals surface area (Å²) in [5, 5.41) is 2.80. The fourth-order valence-corrected chi connectivity index (χ4v) is 2.30. The van der Waals surface area contributed by atoms with E-state index in [1.165, 1.54) is 0 Å². The highest BCUT2D eigenvalue weighted by Crippen LogP contribution is 2.15. The van der Waals surface area contributed by atoms with Gasteiger partial charge in [0, 0.05) is 24.1 Å². The highest BCUT2D eigenvalue weighted by molar-refractivity contribution is 9.10. The Morgan fingerprint density at radius 3 is 2.95 bits per heavy atom. The van der Waals surface area contributed by atoms with Gasteiger partial charge in [0.05, 0.1) is 12.2 Å². The van der Waals surface area contributed by atoms with E-state index >= 15 is 0 Å². The van der Waals surface area contributed by atoms with Gasteiger partial charge in [-0.1, -0.05) is 12.1 Å². The maximum absolute atomic E-state index is 11.9. The van der Waals surface area contributed by atoms with Gasteiger partial charge in [-0.2, -0.15) is 0 Å². The van der Waals surface area contributed by atoms with Crippen molar-refractivity contribution in [2.45, 2.75) is 0 Å². The van der Waals surface area contributed by atoms with Gasteiger partial charge in [-0.3, -0.25) is 9.59 Å². The molecule has 1 saturated heterocycles. The fraction of sp³-hybridized carbons (Fsp3) is 0.385. The SMILES string of the molecule is O=C(NCCN1CCOCC1=O)c1ccccc1Br. The van der Waals surface area contributed by atoms with E-state index in [1.807, 2.05) is 18.2 Å². The van der Waals surface area contributed by atoms with E-state index < -0.39 is 0 Å². The lowest BCUT2D eigenvalue weighted by Gasteiger charge is -2.26. The Hall–Kier alpha value is -1.40. The molecule has 0 spiro atoms. The molecule has 0 bridgehead atoms. The summed E-state index contributed by atoms with van der Waals surface area (Å²) >= 11 is 3.33. The molecule has 2 rings (SSSR count). The molecule has 0 aliphatic carbocycles. The largest absolute Gasteiger partial charge is 0.370 e. The number of rotatable bonds is 4. The number of amides is 2. The number of hydrogen-bond acceptors (Lipinski definition) is 3. The number of benzene rings is 1. The Bertz CT molecular complexity index is 479. The van der Waals surface area contributed by atoms with E-state index in [2.05, 4.69) is 21.2 Å². The van der Waals surface area contributed by atoms with E-state index in [0.29, 0.717) is 31.8 Å².